The molecule has 1 aliphatic heterocycles. The minimum Gasteiger partial charge on any atom is -0.497 e. The minimum atomic E-state index is -3.33. The number of nitrogen functional groups attached to an aromatic ring is 1. The highest BCUT2D eigenvalue weighted by Gasteiger charge is 2.34. The first-order valence-electron chi connectivity index (χ1n) is 6.35. The SMILES string of the molecule is COc1cc(N)cc(C(=O)N2CCSCC2S(C)(=O)=O)c1. The Labute approximate surface area is 128 Å². The number of carbonyl (C=O) groups is 1. The van der Waals surface area contributed by atoms with Gasteiger partial charge in [-0.25, -0.2) is 8.42 Å². The molecule has 1 atom stereocenters. The number of hydrogen-bond acceptors (Lipinski definition) is 6. The molecule has 0 aliphatic carbocycles. The maximum atomic E-state index is 12.6. The van der Waals surface area contributed by atoms with Crippen molar-refractivity contribution >= 4 is 33.2 Å². The molecule has 2 rings (SSSR count). The van der Waals surface area contributed by atoms with Crippen molar-refractivity contribution in [1.82, 2.24) is 4.90 Å². The zero-order valence-electron chi connectivity index (χ0n) is 11.9. The highest BCUT2D eigenvalue weighted by atomic mass is 32.2. The van der Waals surface area contributed by atoms with Crippen LogP contribution in [0.4, 0.5) is 5.69 Å². The summed E-state index contributed by atoms with van der Waals surface area (Å²) < 4.78 is 28.8. The Balaban J connectivity index is 2.35. The standard InChI is InChI=1S/C13H18N2O4S2/c1-19-11-6-9(5-10(14)7-11)13(16)15-3-4-20-8-12(15)21(2,17)18/h5-7,12H,3-4,8,14H2,1-2H3. The Morgan fingerprint density at radius 1 is 1.43 bits per heavy atom. The predicted octanol–water partition coefficient (Wildman–Crippen LogP) is 0.837. The molecule has 1 unspecified atom stereocenters. The van der Waals surface area contributed by atoms with Crippen molar-refractivity contribution in [3.05, 3.63) is 23.8 Å². The van der Waals surface area contributed by atoms with E-state index >= 15 is 0 Å². The van der Waals surface area contributed by atoms with Gasteiger partial charge in [0.1, 0.15) is 11.1 Å². The van der Waals surface area contributed by atoms with E-state index in [1.165, 1.54) is 29.8 Å². The van der Waals surface area contributed by atoms with Gasteiger partial charge in [0.15, 0.2) is 9.84 Å². The third kappa shape index (κ3) is 3.62. The van der Waals surface area contributed by atoms with Crippen LogP contribution >= 0.6 is 11.8 Å². The summed E-state index contributed by atoms with van der Waals surface area (Å²) in [5, 5.41) is -0.795. The zero-order valence-corrected chi connectivity index (χ0v) is 13.5. The summed E-state index contributed by atoms with van der Waals surface area (Å²) in [6, 6.07) is 4.71. The van der Waals surface area contributed by atoms with Crippen LogP contribution in [0.2, 0.25) is 0 Å². The lowest BCUT2D eigenvalue weighted by atomic mass is 10.1. The fraction of sp³-hybridized carbons (Fsp3) is 0.462. The van der Waals surface area contributed by atoms with Crippen LogP contribution in [0.25, 0.3) is 0 Å². The molecule has 1 aromatic carbocycles. The third-order valence-electron chi connectivity index (χ3n) is 3.25. The summed E-state index contributed by atoms with van der Waals surface area (Å²) in [5.41, 5.74) is 6.49. The van der Waals surface area contributed by atoms with E-state index < -0.39 is 15.2 Å². The van der Waals surface area contributed by atoms with Crippen LogP contribution in [-0.2, 0) is 9.84 Å². The van der Waals surface area contributed by atoms with Crippen LogP contribution in [0.1, 0.15) is 10.4 Å². The van der Waals surface area contributed by atoms with E-state index in [0.717, 1.165) is 12.0 Å². The van der Waals surface area contributed by atoms with Crippen molar-refractivity contribution in [1.29, 1.82) is 0 Å². The van der Waals surface area contributed by atoms with Crippen molar-refractivity contribution in [2.45, 2.75) is 5.37 Å². The summed E-state index contributed by atoms with van der Waals surface area (Å²) in [4.78, 5) is 14.0. The zero-order chi connectivity index (χ0) is 15.6. The average Bonchev–Trinajstić information content (AvgIpc) is 2.45. The van der Waals surface area contributed by atoms with Gasteiger partial charge in [-0.2, -0.15) is 11.8 Å². The molecule has 0 aromatic heterocycles. The molecule has 21 heavy (non-hydrogen) atoms. The van der Waals surface area contributed by atoms with Crippen molar-refractivity contribution in [3.8, 4) is 5.75 Å². The van der Waals surface area contributed by atoms with E-state index in [1.807, 2.05) is 0 Å². The monoisotopic (exact) mass is 330 g/mol. The number of thioether (sulfide) groups is 1. The van der Waals surface area contributed by atoms with E-state index in [0.29, 0.717) is 29.3 Å². The fourth-order valence-corrected chi connectivity index (χ4v) is 5.01. The van der Waals surface area contributed by atoms with Gasteiger partial charge in [0.2, 0.25) is 0 Å². The molecule has 6 nitrogen and oxygen atoms in total. The van der Waals surface area contributed by atoms with Crippen molar-refractivity contribution in [2.75, 3.05) is 37.1 Å². The molecular formula is C13H18N2O4S2. The van der Waals surface area contributed by atoms with Gasteiger partial charge in [-0.05, 0) is 12.1 Å². The van der Waals surface area contributed by atoms with Crippen molar-refractivity contribution < 1.29 is 17.9 Å². The first kappa shape index (κ1) is 16.0. The maximum Gasteiger partial charge on any atom is 0.255 e. The fourth-order valence-electron chi connectivity index (χ4n) is 2.20. The smallest absolute Gasteiger partial charge is 0.255 e. The number of nitrogens with zero attached hydrogens (tertiary/aromatic N) is 1. The number of benzene rings is 1. The Kier molecular flexibility index (Phi) is 4.67. The number of carbonyl (C=O) groups excluding carboxylic acids is 1. The van der Waals surface area contributed by atoms with Gasteiger partial charge in [-0.3, -0.25) is 4.79 Å². The molecule has 0 radical (unpaired) electrons. The molecule has 8 heteroatoms. The highest BCUT2D eigenvalue weighted by Crippen LogP contribution is 2.25. The number of hydrogen-bond donors (Lipinski definition) is 1. The molecular weight excluding hydrogens is 312 g/mol. The largest absolute Gasteiger partial charge is 0.497 e. The number of methoxy groups -OCH3 is 1. The quantitative estimate of drug-likeness (QED) is 0.826. The molecule has 0 spiro atoms. The van der Waals surface area contributed by atoms with Gasteiger partial charge < -0.3 is 15.4 Å². The van der Waals surface area contributed by atoms with Crippen molar-refractivity contribution in [2.24, 2.45) is 0 Å². The van der Waals surface area contributed by atoms with Crippen LogP contribution in [0.3, 0.4) is 0 Å². The van der Waals surface area contributed by atoms with Gasteiger partial charge in [-0.15, -0.1) is 0 Å². The van der Waals surface area contributed by atoms with Gasteiger partial charge in [0.05, 0.1) is 7.11 Å². The van der Waals surface area contributed by atoms with E-state index in [4.69, 9.17) is 10.5 Å². The molecule has 1 amide bonds. The number of nitrogens with two attached hydrogens (primary N) is 1. The average molecular weight is 330 g/mol. The number of amides is 1. The molecule has 0 bridgehead atoms. The second-order valence-corrected chi connectivity index (χ2v) is 8.21. The van der Waals surface area contributed by atoms with Crippen LogP contribution in [0.5, 0.6) is 5.75 Å². The number of rotatable bonds is 3. The van der Waals surface area contributed by atoms with Gasteiger partial charge >= 0.3 is 0 Å². The van der Waals surface area contributed by atoms with Crippen LogP contribution in [0.15, 0.2) is 18.2 Å². The Morgan fingerprint density at radius 3 is 2.76 bits per heavy atom. The summed E-state index contributed by atoms with van der Waals surface area (Å²) in [7, 11) is -1.85. The predicted molar refractivity (Wildman–Crippen MR) is 84.4 cm³/mol. The van der Waals surface area contributed by atoms with Crippen LogP contribution in [-0.4, -0.2) is 56.0 Å². The van der Waals surface area contributed by atoms with Gasteiger partial charge in [0, 0.05) is 41.6 Å². The highest BCUT2D eigenvalue weighted by molar-refractivity contribution is 8.00. The normalized spacial score (nSPS) is 19.3. The summed E-state index contributed by atoms with van der Waals surface area (Å²) >= 11 is 1.53. The molecule has 116 valence electrons. The molecule has 1 fully saturated rings. The molecule has 1 aliphatic rings. The van der Waals surface area contributed by atoms with E-state index in [9.17, 15) is 13.2 Å². The first-order valence-corrected chi connectivity index (χ1v) is 9.46. The van der Waals surface area contributed by atoms with Crippen LogP contribution < -0.4 is 10.5 Å². The second-order valence-electron chi connectivity index (χ2n) is 4.85. The van der Waals surface area contributed by atoms with Crippen molar-refractivity contribution in [3.63, 3.8) is 0 Å². The van der Waals surface area contributed by atoms with E-state index in [1.54, 1.807) is 12.1 Å². The Bertz CT molecular complexity index is 646. The van der Waals surface area contributed by atoms with Crippen LogP contribution in [0, 0.1) is 0 Å². The number of anilines is 1. The van der Waals surface area contributed by atoms with Gasteiger partial charge in [-0.1, -0.05) is 0 Å². The lowest BCUT2D eigenvalue weighted by Crippen LogP contribution is -2.49. The lowest BCUT2D eigenvalue weighted by Gasteiger charge is -2.34. The molecule has 1 saturated heterocycles. The van der Waals surface area contributed by atoms with E-state index in [2.05, 4.69) is 0 Å². The molecule has 1 aromatic rings. The Hall–Kier alpha value is -1.41. The van der Waals surface area contributed by atoms with E-state index in [-0.39, 0.29) is 5.91 Å². The number of sulfone groups is 1. The summed E-state index contributed by atoms with van der Waals surface area (Å²) in [6.07, 6.45) is 1.16. The minimum absolute atomic E-state index is 0.337. The molecule has 0 saturated carbocycles. The summed E-state index contributed by atoms with van der Waals surface area (Å²) in [5.74, 6) is 1.25. The summed E-state index contributed by atoms with van der Waals surface area (Å²) in [6.45, 7) is 0.401. The van der Waals surface area contributed by atoms with Gasteiger partial charge in [0.25, 0.3) is 5.91 Å². The maximum absolute atomic E-state index is 12.6. The molecule has 1 heterocycles. The molecule has 2 N–H and O–H groups in total. The first-order chi connectivity index (χ1) is 9.82. The Morgan fingerprint density at radius 2 is 2.14 bits per heavy atom. The third-order valence-corrected chi connectivity index (χ3v) is 5.89. The number of ether oxygens (including phenoxy) is 1. The second kappa shape index (κ2) is 6.15. The topological polar surface area (TPSA) is 89.7 Å². The lowest BCUT2D eigenvalue weighted by molar-refractivity contribution is 0.0749.